The summed E-state index contributed by atoms with van der Waals surface area (Å²) in [4.78, 5) is 25.5. The van der Waals surface area contributed by atoms with Gasteiger partial charge in [0.25, 0.3) is 5.91 Å². The Morgan fingerprint density at radius 3 is 2.45 bits per heavy atom. The van der Waals surface area contributed by atoms with Crippen LogP contribution in [-0.4, -0.2) is 47.3 Å². The molecule has 5 rings (SSSR count). The lowest BCUT2D eigenvalue weighted by atomic mass is 9.54. The lowest BCUT2D eigenvalue weighted by Gasteiger charge is -2.54. The minimum absolute atomic E-state index is 0.103. The Morgan fingerprint density at radius 1 is 1.18 bits per heavy atom. The van der Waals surface area contributed by atoms with Crippen molar-refractivity contribution in [2.24, 2.45) is 41.2 Å². The van der Waals surface area contributed by atoms with E-state index >= 15 is 0 Å². The molecule has 1 unspecified atom stereocenters. The van der Waals surface area contributed by atoms with Crippen LogP contribution in [0, 0.1) is 35.5 Å². The van der Waals surface area contributed by atoms with Gasteiger partial charge in [0.05, 0.1) is 18.7 Å². The van der Waals surface area contributed by atoms with Crippen LogP contribution in [0.1, 0.15) is 63.2 Å². The zero-order valence-corrected chi connectivity index (χ0v) is 20.1. The van der Waals surface area contributed by atoms with Gasteiger partial charge >= 0.3 is 0 Å². The first-order valence-electron chi connectivity index (χ1n) is 12.5. The highest BCUT2D eigenvalue weighted by molar-refractivity contribution is 5.96. The third kappa shape index (κ3) is 5.42. The monoisotopic (exact) mass is 457 g/mol. The smallest absolute Gasteiger partial charge is 0.258 e. The lowest BCUT2D eigenvalue weighted by Crippen LogP contribution is -2.55. The van der Waals surface area contributed by atoms with Crippen LogP contribution >= 0.6 is 0 Å². The highest BCUT2D eigenvalue weighted by Crippen LogP contribution is 2.53. The summed E-state index contributed by atoms with van der Waals surface area (Å²) in [6, 6.07) is 0.258. The predicted molar refractivity (Wildman–Crippen MR) is 127 cm³/mol. The summed E-state index contributed by atoms with van der Waals surface area (Å²) in [5.74, 6) is 3.10. The molecule has 4 aliphatic rings. The Kier molecular flexibility index (Phi) is 7.41. The quantitative estimate of drug-likeness (QED) is 0.500. The normalized spacial score (nSPS) is 28.9. The van der Waals surface area contributed by atoms with Crippen molar-refractivity contribution in [2.75, 3.05) is 19.7 Å². The molecule has 0 aromatic carbocycles. The number of nitrogens with zero attached hydrogens (tertiary/aromatic N) is 2. The van der Waals surface area contributed by atoms with Gasteiger partial charge in [-0.15, -0.1) is 0 Å². The number of hydrogen-bond donors (Lipinski definition) is 3. The molecule has 8 nitrogen and oxygen atoms in total. The van der Waals surface area contributed by atoms with Crippen molar-refractivity contribution in [2.45, 2.75) is 58.9 Å². The molecule has 0 saturated heterocycles. The van der Waals surface area contributed by atoms with Crippen LogP contribution < -0.4 is 21.1 Å². The highest BCUT2D eigenvalue weighted by atomic mass is 16.5. The SMILES string of the molecule is CC(C)COc1c(C(=O)NC2C3CC4CC(C3)CC2C4)cnn1/C=C/C(C)C(=O)NCCN. The van der Waals surface area contributed by atoms with Gasteiger partial charge in [-0.25, -0.2) is 4.68 Å². The summed E-state index contributed by atoms with van der Waals surface area (Å²) in [5, 5.41) is 10.5. The number of aromatic nitrogens is 2. The van der Waals surface area contributed by atoms with E-state index < -0.39 is 0 Å². The van der Waals surface area contributed by atoms with Crippen molar-refractivity contribution in [1.29, 1.82) is 0 Å². The van der Waals surface area contributed by atoms with Crippen LogP contribution in [0.5, 0.6) is 5.88 Å². The minimum atomic E-state index is -0.357. The van der Waals surface area contributed by atoms with Crippen LogP contribution in [0.2, 0.25) is 0 Å². The maximum Gasteiger partial charge on any atom is 0.258 e. The molecule has 4 N–H and O–H groups in total. The number of ether oxygens (including phenoxy) is 1. The molecule has 1 heterocycles. The Morgan fingerprint density at radius 2 is 1.85 bits per heavy atom. The molecular weight excluding hydrogens is 418 g/mol. The molecule has 4 aliphatic carbocycles. The maximum absolute atomic E-state index is 13.3. The molecule has 1 aromatic heterocycles. The predicted octanol–water partition coefficient (Wildman–Crippen LogP) is 2.65. The lowest BCUT2D eigenvalue weighted by molar-refractivity contribution is -0.123. The number of carbonyl (C=O) groups excluding carboxylic acids is 2. The second-order valence-electron chi connectivity index (χ2n) is 10.7. The van der Waals surface area contributed by atoms with Gasteiger partial charge in [-0.3, -0.25) is 9.59 Å². The second-order valence-corrected chi connectivity index (χ2v) is 10.7. The minimum Gasteiger partial charge on any atom is -0.477 e. The number of nitrogens with one attached hydrogen (secondary N) is 2. The van der Waals surface area contributed by atoms with Crippen LogP contribution in [0.25, 0.3) is 6.20 Å². The summed E-state index contributed by atoms with van der Waals surface area (Å²) in [7, 11) is 0. The number of hydrogen-bond acceptors (Lipinski definition) is 5. The largest absolute Gasteiger partial charge is 0.477 e. The van der Waals surface area contributed by atoms with Crippen LogP contribution in [0.3, 0.4) is 0 Å². The highest BCUT2D eigenvalue weighted by Gasteiger charge is 2.48. The van der Waals surface area contributed by atoms with Gasteiger partial charge in [-0.1, -0.05) is 26.8 Å². The van der Waals surface area contributed by atoms with Crippen molar-refractivity contribution in [1.82, 2.24) is 20.4 Å². The molecule has 1 atom stereocenters. The number of rotatable bonds is 10. The van der Waals surface area contributed by atoms with Crippen LogP contribution in [0.15, 0.2) is 12.3 Å². The fourth-order valence-electron chi connectivity index (χ4n) is 6.05. The molecule has 4 saturated carbocycles. The van der Waals surface area contributed by atoms with Gasteiger partial charge in [0.2, 0.25) is 11.8 Å². The van der Waals surface area contributed by atoms with E-state index in [1.54, 1.807) is 30.1 Å². The number of carbonyl (C=O) groups is 2. The van der Waals surface area contributed by atoms with E-state index in [9.17, 15) is 9.59 Å². The zero-order valence-electron chi connectivity index (χ0n) is 20.1. The molecule has 0 spiro atoms. The first-order valence-corrected chi connectivity index (χ1v) is 12.5. The third-order valence-electron chi connectivity index (χ3n) is 7.45. The average Bonchev–Trinajstić information content (AvgIpc) is 3.19. The molecule has 8 heteroatoms. The first kappa shape index (κ1) is 23.8. The Bertz CT molecular complexity index is 849. The van der Waals surface area contributed by atoms with Crippen LogP contribution in [-0.2, 0) is 4.79 Å². The van der Waals surface area contributed by atoms with Crippen molar-refractivity contribution >= 4 is 18.0 Å². The fourth-order valence-corrected chi connectivity index (χ4v) is 6.05. The van der Waals surface area contributed by atoms with Crippen molar-refractivity contribution < 1.29 is 14.3 Å². The average molecular weight is 458 g/mol. The number of amides is 2. The topological polar surface area (TPSA) is 111 Å². The first-order chi connectivity index (χ1) is 15.9. The Balaban J connectivity index is 1.48. The van der Waals surface area contributed by atoms with Crippen molar-refractivity contribution in [3.63, 3.8) is 0 Å². The van der Waals surface area contributed by atoms with Gasteiger partial charge in [0.1, 0.15) is 5.56 Å². The Labute approximate surface area is 196 Å². The molecule has 4 bridgehead atoms. The van der Waals surface area contributed by atoms with Gasteiger partial charge < -0.3 is 21.1 Å². The molecule has 0 aliphatic heterocycles. The van der Waals surface area contributed by atoms with Gasteiger partial charge in [0, 0.05) is 25.3 Å². The van der Waals surface area contributed by atoms with E-state index in [1.807, 2.05) is 0 Å². The van der Waals surface area contributed by atoms with E-state index in [-0.39, 0.29) is 23.8 Å². The summed E-state index contributed by atoms with van der Waals surface area (Å²) in [6.07, 6.45) is 11.4. The standard InChI is InChI=1S/C25H39N5O3/c1-15(2)14-33-25-21(13-28-30(25)7-4-16(3)23(31)27-6-5-26)24(32)29-22-19-9-17-8-18(11-19)12-20(22)10-17/h4,7,13,15-20,22H,5-6,8-12,14,26H2,1-3H3,(H,27,31)(H,29,32)/b7-4+. The van der Waals surface area contributed by atoms with Gasteiger partial charge in [-0.2, -0.15) is 5.10 Å². The summed E-state index contributed by atoms with van der Waals surface area (Å²) < 4.78 is 7.58. The second kappa shape index (κ2) is 10.3. The van der Waals surface area contributed by atoms with Crippen LogP contribution in [0.4, 0.5) is 0 Å². The molecular formula is C25H39N5O3. The summed E-state index contributed by atoms with van der Waals surface area (Å²) in [6.45, 7) is 7.25. The van der Waals surface area contributed by atoms with Crippen molar-refractivity contribution in [3.05, 3.63) is 17.8 Å². The summed E-state index contributed by atoms with van der Waals surface area (Å²) >= 11 is 0. The molecule has 1 aromatic rings. The molecule has 4 fully saturated rings. The molecule has 0 radical (unpaired) electrons. The Hall–Kier alpha value is -2.35. The number of nitrogens with two attached hydrogens (primary N) is 1. The van der Waals surface area contributed by atoms with Gasteiger partial charge in [-0.05, 0) is 61.7 Å². The van der Waals surface area contributed by atoms with E-state index in [2.05, 4.69) is 29.6 Å². The zero-order chi connectivity index (χ0) is 23.5. The van der Waals surface area contributed by atoms with Crippen molar-refractivity contribution in [3.8, 4) is 5.88 Å². The summed E-state index contributed by atoms with van der Waals surface area (Å²) in [5.41, 5.74) is 5.91. The van der Waals surface area contributed by atoms with E-state index in [0.29, 0.717) is 48.9 Å². The van der Waals surface area contributed by atoms with E-state index in [0.717, 1.165) is 11.8 Å². The molecule has 182 valence electrons. The van der Waals surface area contributed by atoms with E-state index in [4.69, 9.17) is 10.5 Å². The molecule has 2 amide bonds. The maximum atomic E-state index is 13.3. The third-order valence-corrected chi connectivity index (χ3v) is 7.45. The van der Waals surface area contributed by atoms with Gasteiger partial charge in [0.15, 0.2) is 0 Å². The van der Waals surface area contributed by atoms with E-state index in [1.165, 1.54) is 32.1 Å². The fraction of sp³-hybridized carbons (Fsp3) is 0.720. The molecule has 33 heavy (non-hydrogen) atoms.